The molecular formula is C22H20N6O2S. The molecule has 0 unspecified atom stereocenters. The van der Waals surface area contributed by atoms with Crippen LogP contribution in [0, 0.1) is 19.3 Å². The highest BCUT2D eigenvalue weighted by atomic mass is 32.1. The second-order valence-electron chi connectivity index (χ2n) is 6.55. The number of rotatable bonds is 3. The number of anilines is 3. The summed E-state index contributed by atoms with van der Waals surface area (Å²) in [6, 6.07) is 15.0. The number of nitrogens with one attached hydrogen (secondary N) is 3. The lowest BCUT2D eigenvalue weighted by Gasteiger charge is -2.10. The molecule has 0 aliphatic carbocycles. The Morgan fingerprint density at radius 2 is 1.74 bits per heavy atom. The van der Waals surface area contributed by atoms with Crippen molar-refractivity contribution in [1.82, 2.24) is 9.97 Å². The zero-order chi connectivity index (χ0) is 22.4. The molecule has 4 rings (SSSR count). The molecule has 0 bridgehead atoms. The van der Waals surface area contributed by atoms with Gasteiger partial charge in [0.15, 0.2) is 0 Å². The number of aryl methyl sites for hydroxylation is 2. The first-order valence-electron chi connectivity index (χ1n) is 9.22. The minimum Gasteiger partial charge on any atom is -0.383 e. The maximum absolute atomic E-state index is 12.3. The fraction of sp³-hybridized carbons (Fsp3) is 0.0909. The molecular weight excluding hydrogens is 412 g/mol. The maximum Gasteiger partial charge on any atom is 0.323 e. The van der Waals surface area contributed by atoms with Gasteiger partial charge in [-0.3, -0.25) is 0 Å². The van der Waals surface area contributed by atoms with Gasteiger partial charge < -0.3 is 16.4 Å². The van der Waals surface area contributed by atoms with Crippen LogP contribution < -0.4 is 16.4 Å². The summed E-state index contributed by atoms with van der Waals surface area (Å²) in [5.41, 5.74) is 10.6. The zero-order valence-corrected chi connectivity index (χ0v) is 17.7. The molecule has 2 heterocycles. The quantitative estimate of drug-likeness (QED) is 0.264. The first kappa shape index (κ1) is 21.6. The molecule has 0 saturated carbocycles. The van der Waals surface area contributed by atoms with E-state index < -0.39 is 0 Å². The topological polar surface area (TPSA) is 134 Å². The molecule has 8 nitrogen and oxygen atoms in total. The zero-order valence-electron chi connectivity index (χ0n) is 16.9. The smallest absolute Gasteiger partial charge is 0.323 e. The number of nitrogens with zero attached hydrogens (tertiary/aromatic N) is 2. The lowest BCUT2D eigenvalue weighted by molar-refractivity contribution is 0.262. The monoisotopic (exact) mass is 432 g/mol. The number of hydrogen-bond acceptors (Lipinski definition) is 7. The van der Waals surface area contributed by atoms with Crippen LogP contribution in [0.5, 0.6) is 0 Å². The number of isocyanates is 1. The molecule has 0 saturated heterocycles. The van der Waals surface area contributed by atoms with Crippen molar-refractivity contribution in [3.63, 3.8) is 0 Å². The summed E-state index contributed by atoms with van der Waals surface area (Å²) in [4.78, 5) is 31.0. The van der Waals surface area contributed by atoms with Crippen LogP contribution in [0.25, 0.3) is 21.3 Å². The first-order valence-corrected chi connectivity index (χ1v) is 10.0. The minimum atomic E-state index is -0.281. The van der Waals surface area contributed by atoms with Gasteiger partial charge in [0.1, 0.15) is 17.0 Å². The SMILES string of the molecule is Cc1ccccc1NC(=O)Nc1ccc(-c2c(C)sc3ncnc(N)c23)cc1.N=C=O. The van der Waals surface area contributed by atoms with E-state index in [1.54, 1.807) is 11.3 Å². The second-order valence-corrected chi connectivity index (χ2v) is 7.75. The van der Waals surface area contributed by atoms with E-state index in [2.05, 4.69) is 20.6 Å². The Morgan fingerprint density at radius 1 is 1.06 bits per heavy atom. The Kier molecular flexibility index (Phi) is 6.71. The highest BCUT2D eigenvalue weighted by Gasteiger charge is 2.15. The molecule has 0 atom stereocenters. The number of fused-ring (bicyclic) bond motifs is 1. The molecule has 2 amide bonds. The molecule has 0 aliphatic heterocycles. The molecule has 2 aromatic carbocycles. The van der Waals surface area contributed by atoms with Crippen LogP contribution in [0.3, 0.4) is 0 Å². The van der Waals surface area contributed by atoms with Crippen LogP contribution in [-0.4, -0.2) is 22.1 Å². The summed E-state index contributed by atoms with van der Waals surface area (Å²) in [5, 5.41) is 12.0. The molecule has 0 fully saturated rings. The third-order valence-electron chi connectivity index (χ3n) is 4.52. The van der Waals surface area contributed by atoms with Gasteiger partial charge in [0.25, 0.3) is 0 Å². The largest absolute Gasteiger partial charge is 0.383 e. The molecule has 0 radical (unpaired) electrons. The van der Waals surface area contributed by atoms with Crippen molar-refractivity contribution >= 4 is 50.9 Å². The molecule has 4 aromatic rings. The number of nitrogen functional groups attached to an aromatic ring is 1. The third-order valence-corrected chi connectivity index (χ3v) is 5.53. The van der Waals surface area contributed by atoms with Crippen molar-refractivity contribution in [2.75, 3.05) is 16.4 Å². The predicted octanol–water partition coefficient (Wildman–Crippen LogP) is 5.10. The van der Waals surface area contributed by atoms with Crippen LogP contribution >= 0.6 is 11.3 Å². The number of para-hydroxylation sites is 1. The number of aromatic nitrogens is 2. The summed E-state index contributed by atoms with van der Waals surface area (Å²) in [6.45, 7) is 4.00. The Morgan fingerprint density at radius 3 is 2.42 bits per heavy atom. The Labute approximate surface area is 182 Å². The van der Waals surface area contributed by atoms with E-state index in [-0.39, 0.29) is 6.03 Å². The Hall–Kier alpha value is -4.07. The van der Waals surface area contributed by atoms with E-state index >= 15 is 0 Å². The van der Waals surface area contributed by atoms with Gasteiger partial charge in [0.2, 0.25) is 6.08 Å². The number of nitrogens with two attached hydrogens (primary N) is 1. The summed E-state index contributed by atoms with van der Waals surface area (Å²) in [7, 11) is 0. The molecule has 2 aromatic heterocycles. The summed E-state index contributed by atoms with van der Waals surface area (Å²) in [6.07, 6.45) is 2.23. The number of benzene rings is 2. The van der Waals surface area contributed by atoms with Gasteiger partial charge in [-0.1, -0.05) is 30.3 Å². The van der Waals surface area contributed by atoms with Crippen molar-refractivity contribution in [3.05, 3.63) is 65.3 Å². The van der Waals surface area contributed by atoms with E-state index in [0.29, 0.717) is 11.5 Å². The number of hydrogen-bond donors (Lipinski definition) is 4. The van der Waals surface area contributed by atoms with Gasteiger partial charge in [-0.05, 0) is 43.2 Å². The Balaban J connectivity index is 0.000000858. The summed E-state index contributed by atoms with van der Waals surface area (Å²) < 4.78 is 0. The second kappa shape index (κ2) is 9.62. The van der Waals surface area contributed by atoms with Crippen molar-refractivity contribution in [2.45, 2.75) is 13.8 Å². The van der Waals surface area contributed by atoms with E-state index in [4.69, 9.17) is 15.9 Å². The maximum atomic E-state index is 12.3. The fourth-order valence-electron chi connectivity index (χ4n) is 3.13. The number of amides is 2. The van der Waals surface area contributed by atoms with Crippen LogP contribution in [0.15, 0.2) is 54.9 Å². The molecule has 5 N–H and O–H groups in total. The van der Waals surface area contributed by atoms with Crippen molar-refractivity contribution in [1.29, 1.82) is 5.41 Å². The van der Waals surface area contributed by atoms with Crippen molar-refractivity contribution in [3.8, 4) is 11.1 Å². The Bertz CT molecular complexity index is 1260. The van der Waals surface area contributed by atoms with Crippen LogP contribution in [0.2, 0.25) is 0 Å². The molecule has 31 heavy (non-hydrogen) atoms. The van der Waals surface area contributed by atoms with Crippen LogP contribution in [0.4, 0.5) is 22.0 Å². The lowest BCUT2D eigenvalue weighted by Crippen LogP contribution is -2.19. The fourth-order valence-corrected chi connectivity index (χ4v) is 4.15. The van der Waals surface area contributed by atoms with Gasteiger partial charge >= 0.3 is 6.03 Å². The average molecular weight is 433 g/mol. The number of carbonyl (C=O) groups is 1. The standard InChI is InChI=1S/C21H19N5OS.CHNO/c1-12-5-3-4-6-16(12)26-21(27)25-15-9-7-14(8-10-15)17-13(2)28-20-18(17)19(22)23-11-24-20;2-1-3/h3-11H,1-2H3,(H2,22,23,24)(H2,25,26,27);2H. The van der Waals surface area contributed by atoms with Gasteiger partial charge in [-0.15, -0.1) is 11.3 Å². The predicted molar refractivity (Wildman–Crippen MR) is 124 cm³/mol. The van der Waals surface area contributed by atoms with E-state index in [0.717, 1.165) is 43.6 Å². The number of carbonyl (C=O) groups excluding carboxylic acids is 2. The highest BCUT2D eigenvalue weighted by Crippen LogP contribution is 2.39. The van der Waals surface area contributed by atoms with Gasteiger partial charge in [0, 0.05) is 21.8 Å². The summed E-state index contributed by atoms with van der Waals surface area (Å²) >= 11 is 1.59. The average Bonchev–Trinajstić information content (AvgIpc) is 3.08. The van der Waals surface area contributed by atoms with Gasteiger partial charge in [-0.2, -0.15) is 0 Å². The molecule has 9 heteroatoms. The normalized spacial score (nSPS) is 10.0. The minimum absolute atomic E-state index is 0.281. The first-order chi connectivity index (χ1) is 14.9. The van der Waals surface area contributed by atoms with Crippen LogP contribution in [-0.2, 0) is 4.79 Å². The van der Waals surface area contributed by atoms with Crippen molar-refractivity contribution in [2.24, 2.45) is 0 Å². The van der Waals surface area contributed by atoms with Gasteiger partial charge in [0.05, 0.1) is 5.39 Å². The molecule has 0 aliphatic rings. The number of thiophene rings is 1. The number of urea groups is 1. The molecule has 0 spiro atoms. The summed E-state index contributed by atoms with van der Waals surface area (Å²) in [5.74, 6) is 0.476. The molecule has 156 valence electrons. The highest BCUT2D eigenvalue weighted by molar-refractivity contribution is 7.19. The van der Waals surface area contributed by atoms with E-state index in [1.165, 1.54) is 6.33 Å². The van der Waals surface area contributed by atoms with Crippen LogP contribution in [0.1, 0.15) is 10.4 Å². The van der Waals surface area contributed by atoms with Crippen molar-refractivity contribution < 1.29 is 9.59 Å². The van der Waals surface area contributed by atoms with E-state index in [1.807, 2.05) is 62.4 Å². The third kappa shape index (κ3) is 4.92. The van der Waals surface area contributed by atoms with Gasteiger partial charge in [-0.25, -0.2) is 25.0 Å². The van der Waals surface area contributed by atoms with E-state index in [9.17, 15) is 4.79 Å². The lowest BCUT2D eigenvalue weighted by atomic mass is 10.0.